The molecule has 0 bridgehead atoms. The number of amides is 1. The van der Waals surface area contributed by atoms with Crippen molar-refractivity contribution < 1.29 is 18.0 Å². The van der Waals surface area contributed by atoms with E-state index in [0.29, 0.717) is 11.3 Å². The molecule has 0 aliphatic rings. The normalized spacial score (nSPS) is 11.4. The van der Waals surface area contributed by atoms with Crippen LogP contribution in [0.3, 0.4) is 0 Å². The molecule has 0 atom stereocenters. The summed E-state index contributed by atoms with van der Waals surface area (Å²) in [6.45, 7) is 0. The van der Waals surface area contributed by atoms with Crippen LogP contribution in [0.25, 0.3) is 0 Å². The SMILES string of the molecule is CSCc1cccc(C(F)(F)F)c1NC(=O)CCl. The third kappa shape index (κ3) is 3.81. The summed E-state index contributed by atoms with van der Waals surface area (Å²) in [5.74, 6) is -0.664. The number of hydrogen-bond donors (Lipinski definition) is 1. The molecule has 2 nitrogen and oxygen atoms in total. The Morgan fingerprint density at radius 1 is 1.44 bits per heavy atom. The molecule has 0 aliphatic heterocycles. The number of rotatable bonds is 4. The number of halogens is 4. The lowest BCUT2D eigenvalue weighted by molar-refractivity contribution is -0.137. The smallest absolute Gasteiger partial charge is 0.324 e. The fourth-order valence-corrected chi connectivity index (χ4v) is 2.05. The summed E-state index contributed by atoms with van der Waals surface area (Å²) in [6, 6.07) is 3.81. The lowest BCUT2D eigenvalue weighted by atomic mass is 10.1. The summed E-state index contributed by atoms with van der Waals surface area (Å²) in [5.41, 5.74) is -0.631. The number of anilines is 1. The van der Waals surface area contributed by atoms with Crippen LogP contribution < -0.4 is 5.32 Å². The average molecular weight is 298 g/mol. The molecule has 0 heterocycles. The van der Waals surface area contributed by atoms with Gasteiger partial charge in [-0.05, 0) is 17.9 Å². The minimum Gasteiger partial charge on any atom is -0.324 e. The van der Waals surface area contributed by atoms with E-state index in [1.807, 2.05) is 0 Å². The second-order valence-electron chi connectivity index (χ2n) is 3.45. The van der Waals surface area contributed by atoms with Crippen molar-refractivity contribution in [3.05, 3.63) is 29.3 Å². The molecule has 0 fully saturated rings. The third-order valence-electron chi connectivity index (χ3n) is 2.14. The number of alkyl halides is 4. The third-order valence-corrected chi connectivity index (χ3v) is 2.98. The Balaban J connectivity index is 3.25. The van der Waals surface area contributed by atoms with Crippen LogP contribution in [-0.4, -0.2) is 18.0 Å². The van der Waals surface area contributed by atoms with Gasteiger partial charge in [-0.2, -0.15) is 24.9 Å². The molecule has 0 saturated carbocycles. The quantitative estimate of drug-likeness (QED) is 0.858. The predicted molar refractivity (Wildman–Crippen MR) is 68.0 cm³/mol. The molecule has 1 rings (SSSR count). The summed E-state index contributed by atoms with van der Waals surface area (Å²) >= 11 is 6.67. The summed E-state index contributed by atoms with van der Waals surface area (Å²) in [7, 11) is 0. The maximum Gasteiger partial charge on any atom is 0.418 e. The van der Waals surface area contributed by atoms with E-state index in [1.165, 1.54) is 17.8 Å². The summed E-state index contributed by atoms with van der Waals surface area (Å²) in [6.07, 6.45) is -2.74. The van der Waals surface area contributed by atoms with Crippen LogP contribution in [0, 0.1) is 0 Å². The first-order valence-electron chi connectivity index (χ1n) is 4.94. The second-order valence-corrected chi connectivity index (χ2v) is 4.59. The van der Waals surface area contributed by atoms with Crippen molar-refractivity contribution >= 4 is 35.0 Å². The van der Waals surface area contributed by atoms with Gasteiger partial charge in [0.05, 0.1) is 11.3 Å². The van der Waals surface area contributed by atoms with E-state index in [2.05, 4.69) is 5.32 Å². The van der Waals surface area contributed by atoms with Gasteiger partial charge in [-0.3, -0.25) is 4.79 Å². The van der Waals surface area contributed by atoms with Crippen LogP contribution in [0.5, 0.6) is 0 Å². The van der Waals surface area contributed by atoms with Crippen LogP contribution in [0.15, 0.2) is 18.2 Å². The molecule has 1 amide bonds. The second kappa shape index (κ2) is 6.33. The van der Waals surface area contributed by atoms with Crippen LogP contribution in [-0.2, 0) is 16.7 Å². The Hall–Kier alpha value is -0.880. The number of carbonyl (C=O) groups is 1. The van der Waals surface area contributed by atoms with E-state index >= 15 is 0 Å². The first-order chi connectivity index (χ1) is 8.40. The predicted octanol–water partition coefficient (Wildman–Crippen LogP) is 3.75. The van der Waals surface area contributed by atoms with Gasteiger partial charge in [-0.1, -0.05) is 12.1 Å². The molecule has 0 saturated heterocycles. The van der Waals surface area contributed by atoms with Gasteiger partial charge in [-0.25, -0.2) is 0 Å². The molecule has 1 aromatic rings. The Morgan fingerprint density at radius 3 is 2.61 bits per heavy atom. The van der Waals surface area contributed by atoms with E-state index in [0.717, 1.165) is 6.07 Å². The Kier molecular flexibility index (Phi) is 5.34. The topological polar surface area (TPSA) is 29.1 Å². The van der Waals surface area contributed by atoms with Crippen molar-refractivity contribution in [2.75, 3.05) is 17.5 Å². The van der Waals surface area contributed by atoms with Gasteiger partial charge in [0.15, 0.2) is 0 Å². The van der Waals surface area contributed by atoms with Crippen LogP contribution in [0.2, 0.25) is 0 Å². The highest BCUT2D eigenvalue weighted by Crippen LogP contribution is 2.37. The van der Waals surface area contributed by atoms with Crippen molar-refractivity contribution in [3.8, 4) is 0 Å². The minimum absolute atomic E-state index is 0.204. The number of hydrogen-bond acceptors (Lipinski definition) is 2. The molecule has 0 aromatic heterocycles. The van der Waals surface area contributed by atoms with Gasteiger partial charge in [0.1, 0.15) is 5.88 Å². The number of para-hydroxylation sites is 1. The number of thioether (sulfide) groups is 1. The molecule has 1 aromatic carbocycles. The molecular weight excluding hydrogens is 287 g/mol. The number of benzene rings is 1. The van der Waals surface area contributed by atoms with Crippen molar-refractivity contribution in [2.24, 2.45) is 0 Å². The zero-order chi connectivity index (χ0) is 13.8. The molecule has 0 spiro atoms. The van der Waals surface area contributed by atoms with Gasteiger partial charge in [0, 0.05) is 5.75 Å². The van der Waals surface area contributed by atoms with Crippen LogP contribution in [0.1, 0.15) is 11.1 Å². The summed E-state index contributed by atoms with van der Waals surface area (Å²) in [5, 5.41) is 2.22. The van der Waals surface area contributed by atoms with Gasteiger partial charge < -0.3 is 5.32 Å². The zero-order valence-corrected chi connectivity index (χ0v) is 11.0. The van der Waals surface area contributed by atoms with E-state index in [1.54, 1.807) is 12.3 Å². The van der Waals surface area contributed by atoms with E-state index in [9.17, 15) is 18.0 Å². The highest BCUT2D eigenvalue weighted by Gasteiger charge is 2.34. The lowest BCUT2D eigenvalue weighted by Crippen LogP contribution is -2.18. The average Bonchev–Trinajstić information content (AvgIpc) is 2.30. The minimum atomic E-state index is -4.51. The highest BCUT2D eigenvalue weighted by atomic mass is 35.5. The van der Waals surface area contributed by atoms with Crippen molar-refractivity contribution in [1.82, 2.24) is 0 Å². The molecule has 0 radical (unpaired) electrons. The monoisotopic (exact) mass is 297 g/mol. The van der Waals surface area contributed by atoms with Crippen LogP contribution in [0.4, 0.5) is 18.9 Å². The molecule has 0 unspecified atom stereocenters. The van der Waals surface area contributed by atoms with Crippen molar-refractivity contribution in [1.29, 1.82) is 0 Å². The molecule has 18 heavy (non-hydrogen) atoms. The highest BCUT2D eigenvalue weighted by molar-refractivity contribution is 7.97. The molecular formula is C11H11ClF3NOS. The van der Waals surface area contributed by atoms with E-state index in [4.69, 9.17) is 11.6 Å². The van der Waals surface area contributed by atoms with E-state index < -0.39 is 17.6 Å². The fraction of sp³-hybridized carbons (Fsp3) is 0.364. The van der Waals surface area contributed by atoms with Crippen molar-refractivity contribution in [2.45, 2.75) is 11.9 Å². The Bertz CT molecular complexity index is 437. The van der Waals surface area contributed by atoms with E-state index in [-0.39, 0.29) is 11.6 Å². The zero-order valence-electron chi connectivity index (χ0n) is 9.47. The van der Waals surface area contributed by atoms with Gasteiger partial charge in [0.25, 0.3) is 0 Å². The number of carbonyl (C=O) groups excluding carboxylic acids is 1. The maximum atomic E-state index is 12.8. The van der Waals surface area contributed by atoms with Gasteiger partial charge in [0.2, 0.25) is 5.91 Å². The standard InChI is InChI=1S/C11H11ClF3NOS/c1-18-6-7-3-2-4-8(11(13,14)15)10(7)16-9(17)5-12/h2-4H,5-6H2,1H3,(H,16,17). The summed E-state index contributed by atoms with van der Waals surface area (Å²) < 4.78 is 38.5. The van der Waals surface area contributed by atoms with Gasteiger partial charge >= 0.3 is 6.18 Å². The van der Waals surface area contributed by atoms with Crippen LogP contribution >= 0.6 is 23.4 Å². The number of nitrogens with one attached hydrogen (secondary N) is 1. The molecule has 0 aliphatic carbocycles. The Morgan fingerprint density at radius 2 is 2.11 bits per heavy atom. The Labute approximate surface area is 112 Å². The maximum absolute atomic E-state index is 12.8. The molecule has 100 valence electrons. The molecule has 1 N–H and O–H groups in total. The summed E-state index contributed by atoms with van der Waals surface area (Å²) in [4.78, 5) is 11.2. The lowest BCUT2D eigenvalue weighted by Gasteiger charge is -2.16. The fourth-order valence-electron chi connectivity index (χ4n) is 1.43. The first-order valence-corrected chi connectivity index (χ1v) is 6.86. The van der Waals surface area contributed by atoms with Gasteiger partial charge in [-0.15, -0.1) is 11.6 Å². The van der Waals surface area contributed by atoms with Crippen molar-refractivity contribution in [3.63, 3.8) is 0 Å². The first kappa shape index (κ1) is 15.2. The largest absolute Gasteiger partial charge is 0.418 e. The molecule has 7 heteroatoms.